The Hall–Kier alpha value is -4.53. The van der Waals surface area contributed by atoms with E-state index in [-0.39, 0.29) is 5.70 Å². The molecule has 0 bridgehead atoms. The number of allylic oxidation sites excluding steroid dienone is 5. The van der Waals surface area contributed by atoms with Crippen LogP contribution in [0.1, 0.15) is 69.7 Å². The van der Waals surface area contributed by atoms with Crippen molar-refractivity contribution in [2.75, 3.05) is 4.90 Å². The van der Waals surface area contributed by atoms with Crippen LogP contribution in [-0.4, -0.2) is 22.4 Å². The largest absolute Gasteiger partial charge is 0.339 e. The Morgan fingerprint density at radius 1 is 1.14 bits per heavy atom. The minimum atomic E-state index is -0.399. The van der Waals surface area contributed by atoms with Crippen LogP contribution in [0.2, 0.25) is 0 Å². The van der Waals surface area contributed by atoms with Gasteiger partial charge in [-0.1, -0.05) is 61.5 Å². The number of amidine groups is 1. The smallest absolute Gasteiger partial charge is 0.227 e. The summed E-state index contributed by atoms with van der Waals surface area (Å²) in [5.41, 5.74) is 3.07. The number of aryl methyl sites for hydroxylation is 1. The minimum Gasteiger partial charge on any atom is -0.339 e. The number of aliphatic imine (C=N–C) groups is 1. The van der Waals surface area contributed by atoms with Crippen molar-refractivity contribution in [1.82, 2.24) is 10.1 Å². The first-order valence-corrected chi connectivity index (χ1v) is 15.2. The third-order valence-electron chi connectivity index (χ3n) is 7.96. The first-order chi connectivity index (χ1) is 21.4. The number of unbranched alkanes of at least 4 members (excludes halogenated alkanes) is 1. The Morgan fingerprint density at radius 3 is 2.70 bits per heavy atom. The molecule has 8 nitrogen and oxygen atoms in total. The highest BCUT2D eigenvalue weighted by atomic mass is 19.1. The molecule has 0 fully saturated rings. The topological polar surface area (TPSA) is 101 Å². The second-order valence-electron chi connectivity index (χ2n) is 11.3. The molecular formula is C35H40FN5O3. The molecule has 9 heteroatoms. The molecular weight excluding hydrogens is 557 g/mol. The van der Waals surface area contributed by atoms with Crippen LogP contribution in [0.3, 0.4) is 0 Å². The van der Waals surface area contributed by atoms with Gasteiger partial charge in [-0.05, 0) is 98.4 Å². The number of carbonyl (C=O) groups is 1. The molecule has 1 aliphatic rings. The predicted molar refractivity (Wildman–Crippen MR) is 173 cm³/mol. The first kappa shape index (κ1) is 32.4. The van der Waals surface area contributed by atoms with Gasteiger partial charge >= 0.3 is 0 Å². The fourth-order valence-corrected chi connectivity index (χ4v) is 5.24. The summed E-state index contributed by atoms with van der Waals surface area (Å²) in [7, 11) is 0. The van der Waals surface area contributed by atoms with Gasteiger partial charge in [-0.25, -0.2) is 9.38 Å². The maximum absolute atomic E-state index is 13.6. The van der Waals surface area contributed by atoms with Crippen LogP contribution >= 0.6 is 0 Å². The number of halogens is 1. The molecule has 0 saturated carbocycles. The number of carbonyl (C=O) groups excluding carboxylic acids is 1. The highest BCUT2D eigenvalue weighted by molar-refractivity contribution is 6.10. The van der Waals surface area contributed by atoms with E-state index in [1.807, 2.05) is 25.1 Å². The zero-order valence-corrected chi connectivity index (χ0v) is 25.5. The average Bonchev–Trinajstić information content (AvgIpc) is 3.50. The predicted octanol–water partition coefficient (Wildman–Crippen LogP) is 9.20. The van der Waals surface area contributed by atoms with Gasteiger partial charge in [-0.15, -0.1) is 4.91 Å². The molecule has 1 aliphatic carbocycles. The molecule has 230 valence electrons. The van der Waals surface area contributed by atoms with E-state index in [0.29, 0.717) is 79.3 Å². The zero-order chi connectivity index (χ0) is 31.3. The summed E-state index contributed by atoms with van der Waals surface area (Å²) in [5, 5.41) is 7.17. The van der Waals surface area contributed by atoms with E-state index in [1.54, 1.807) is 0 Å². The molecule has 0 N–H and O–H groups in total. The number of nitrogens with zero attached hydrogens (tertiary/aromatic N) is 5. The molecule has 3 aromatic rings. The fourth-order valence-electron chi connectivity index (χ4n) is 5.24. The Balaban J connectivity index is 1.59. The molecule has 1 heterocycles. The van der Waals surface area contributed by atoms with Crippen molar-refractivity contribution in [1.29, 1.82) is 0 Å². The van der Waals surface area contributed by atoms with Gasteiger partial charge in [0, 0.05) is 24.1 Å². The number of hydrogen-bond acceptors (Lipinski definition) is 7. The number of nitroso groups, excluding NO2 is 1. The van der Waals surface area contributed by atoms with E-state index in [0.717, 1.165) is 30.4 Å². The van der Waals surface area contributed by atoms with Gasteiger partial charge in [0.25, 0.3) is 0 Å². The van der Waals surface area contributed by atoms with E-state index < -0.39 is 5.82 Å². The average molecular weight is 598 g/mol. The molecule has 1 aromatic heterocycles. The first-order valence-electron chi connectivity index (χ1n) is 15.2. The highest BCUT2D eigenvalue weighted by Crippen LogP contribution is 2.30. The number of aromatic nitrogens is 2. The highest BCUT2D eigenvalue weighted by Gasteiger charge is 2.21. The molecule has 4 rings (SSSR count). The van der Waals surface area contributed by atoms with Gasteiger partial charge in [0.05, 0.1) is 11.4 Å². The SMILES string of the molecule is C=C(CCCC/C(=N/c1cc(-c2noc(CC3CCCC/C=C\C=C/C3C)n2)ccc1C)N(C=O)c1ccc(F)cc1)N=O. The standard InChI is InChI=1S/C35H40FN5O3/c1-25-12-8-6-4-5-7-9-14-28(25)23-34-38-35(40-44-34)29-17-16-26(2)32(22-29)37-33(15-11-10-13-27(3)39-43)41(24-42)31-20-18-30(36)19-21-31/h4,6,8,12,16-22,24-25,28H,3,5,7,9-11,13-15,23H2,1-2H3/b6-4-,12-8-,37-33-. The summed E-state index contributed by atoms with van der Waals surface area (Å²) < 4.78 is 19.3. The third-order valence-corrected chi connectivity index (χ3v) is 7.96. The van der Waals surface area contributed by atoms with E-state index >= 15 is 0 Å². The molecule has 0 saturated heterocycles. The van der Waals surface area contributed by atoms with Gasteiger partial charge in [0.1, 0.15) is 11.7 Å². The van der Waals surface area contributed by atoms with Crippen LogP contribution in [0.25, 0.3) is 11.4 Å². The Morgan fingerprint density at radius 2 is 1.93 bits per heavy atom. The number of amides is 1. The molecule has 0 aliphatic heterocycles. The molecule has 44 heavy (non-hydrogen) atoms. The van der Waals surface area contributed by atoms with Crippen molar-refractivity contribution < 1.29 is 13.7 Å². The Labute approximate surface area is 258 Å². The van der Waals surface area contributed by atoms with E-state index in [2.05, 4.69) is 48.1 Å². The van der Waals surface area contributed by atoms with Gasteiger partial charge in [0.15, 0.2) is 0 Å². The molecule has 1 amide bonds. The van der Waals surface area contributed by atoms with Crippen LogP contribution in [0.15, 0.2) is 93.7 Å². The molecule has 2 atom stereocenters. The van der Waals surface area contributed by atoms with Gasteiger partial charge in [0.2, 0.25) is 18.1 Å². The summed E-state index contributed by atoms with van der Waals surface area (Å²) >= 11 is 0. The van der Waals surface area contributed by atoms with Gasteiger partial charge < -0.3 is 4.52 Å². The van der Waals surface area contributed by atoms with Gasteiger partial charge in [-0.3, -0.25) is 9.69 Å². The van der Waals surface area contributed by atoms with Crippen LogP contribution in [0.5, 0.6) is 0 Å². The molecule has 2 aromatic carbocycles. The van der Waals surface area contributed by atoms with E-state index in [1.165, 1.54) is 35.6 Å². The quantitative estimate of drug-likeness (QED) is 0.0681. The molecule has 0 spiro atoms. The van der Waals surface area contributed by atoms with E-state index in [4.69, 9.17) is 14.5 Å². The maximum Gasteiger partial charge on any atom is 0.227 e. The number of benzene rings is 2. The number of rotatable bonds is 12. The lowest BCUT2D eigenvalue weighted by molar-refractivity contribution is -0.106. The van der Waals surface area contributed by atoms with Crippen molar-refractivity contribution in [3.63, 3.8) is 0 Å². The summed E-state index contributed by atoms with van der Waals surface area (Å²) in [6.07, 6.45) is 16.8. The summed E-state index contributed by atoms with van der Waals surface area (Å²) in [6.45, 7) is 7.81. The maximum atomic E-state index is 13.6. The summed E-state index contributed by atoms with van der Waals surface area (Å²) in [5.74, 6) is 1.98. The van der Waals surface area contributed by atoms with Crippen molar-refractivity contribution >= 4 is 23.6 Å². The Kier molecular flexibility index (Phi) is 12.0. The monoisotopic (exact) mass is 597 g/mol. The zero-order valence-electron chi connectivity index (χ0n) is 25.5. The Bertz CT molecular complexity index is 1510. The second-order valence-corrected chi connectivity index (χ2v) is 11.3. The van der Waals surface area contributed by atoms with Crippen molar-refractivity contribution in [2.24, 2.45) is 22.0 Å². The molecule has 2 unspecified atom stereocenters. The van der Waals surface area contributed by atoms with Crippen LogP contribution < -0.4 is 4.90 Å². The van der Waals surface area contributed by atoms with Crippen LogP contribution in [0.4, 0.5) is 15.8 Å². The summed E-state index contributed by atoms with van der Waals surface area (Å²) in [6, 6.07) is 11.4. The number of anilines is 1. The second kappa shape index (κ2) is 16.4. The van der Waals surface area contributed by atoms with Crippen LogP contribution in [0, 0.1) is 29.5 Å². The lowest BCUT2D eigenvalue weighted by Crippen LogP contribution is -2.29. The minimum absolute atomic E-state index is 0.279. The lowest BCUT2D eigenvalue weighted by atomic mass is 9.85. The van der Waals surface area contributed by atoms with Crippen molar-refractivity contribution in [3.05, 3.63) is 101 Å². The van der Waals surface area contributed by atoms with Crippen LogP contribution in [-0.2, 0) is 11.2 Å². The lowest BCUT2D eigenvalue weighted by Gasteiger charge is -2.20. The third kappa shape index (κ3) is 9.23. The van der Waals surface area contributed by atoms with E-state index in [9.17, 15) is 14.1 Å². The summed E-state index contributed by atoms with van der Waals surface area (Å²) in [4.78, 5) is 34.1. The fraction of sp³-hybridized carbons (Fsp3) is 0.371. The normalized spacial score (nSPS) is 18.8. The number of hydrogen-bond donors (Lipinski definition) is 0. The van der Waals surface area contributed by atoms with Crippen molar-refractivity contribution in [2.45, 2.75) is 71.6 Å². The van der Waals surface area contributed by atoms with Gasteiger partial charge in [-0.2, -0.15) is 4.98 Å². The molecule has 0 radical (unpaired) electrons. The van der Waals surface area contributed by atoms with Crippen molar-refractivity contribution in [3.8, 4) is 11.4 Å².